The van der Waals surface area contributed by atoms with E-state index in [9.17, 15) is 18.0 Å². The Morgan fingerprint density at radius 1 is 1.19 bits per heavy atom. The van der Waals surface area contributed by atoms with Crippen molar-refractivity contribution in [3.63, 3.8) is 0 Å². The molecule has 2 heterocycles. The molecular weight excluding hydrogens is 441 g/mol. The van der Waals surface area contributed by atoms with Gasteiger partial charge < -0.3 is 4.57 Å². The van der Waals surface area contributed by atoms with E-state index in [0.29, 0.717) is 4.88 Å². The maximum atomic E-state index is 13.4. The second kappa shape index (κ2) is 7.33. The summed E-state index contributed by atoms with van der Waals surface area (Å²) in [6, 6.07) is 11.6. The minimum absolute atomic E-state index is 0.0740. The van der Waals surface area contributed by atoms with Crippen LogP contribution in [-0.4, -0.2) is 4.57 Å². The van der Waals surface area contributed by atoms with Gasteiger partial charge in [0.1, 0.15) is 0 Å². The molecule has 0 radical (unpaired) electrons. The molecule has 0 N–H and O–H groups in total. The molecule has 3 aromatic rings. The third kappa shape index (κ3) is 3.99. The van der Waals surface area contributed by atoms with Crippen LogP contribution in [0.3, 0.4) is 0 Å². The van der Waals surface area contributed by atoms with E-state index in [0.717, 1.165) is 21.0 Å². The topological polar surface area (TPSA) is 26.4 Å². The summed E-state index contributed by atoms with van der Waals surface area (Å²) in [5, 5.41) is 0. The molecule has 0 aliphatic heterocycles. The molecule has 27 heavy (non-hydrogen) atoms. The van der Waals surface area contributed by atoms with Crippen molar-refractivity contribution >= 4 is 33.0 Å². The number of benzene rings is 1. The van der Waals surface area contributed by atoms with Crippen LogP contribution in [0.25, 0.3) is 15.4 Å². The Kier molecular flexibility index (Phi) is 5.27. The van der Waals surface area contributed by atoms with Gasteiger partial charge in [-0.3, -0.25) is 4.79 Å². The van der Waals surface area contributed by atoms with Crippen molar-refractivity contribution in [2.75, 3.05) is 0 Å². The zero-order valence-corrected chi connectivity index (χ0v) is 16.4. The van der Waals surface area contributed by atoms with Crippen molar-refractivity contribution < 1.29 is 13.2 Å². The van der Waals surface area contributed by atoms with E-state index < -0.39 is 23.0 Å². The highest BCUT2D eigenvalue weighted by molar-refractivity contribution is 9.11. The molecule has 8 heteroatoms. The molecule has 2 aromatic heterocycles. The normalized spacial score (nSPS) is 11.4. The fourth-order valence-electron chi connectivity index (χ4n) is 2.65. The average Bonchev–Trinajstić information content (AvgIpc) is 3.03. The van der Waals surface area contributed by atoms with Crippen LogP contribution in [0.15, 0.2) is 51.0 Å². The third-order valence-electron chi connectivity index (χ3n) is 3.98. The SMILES string of the molecule is [C-]#[N+]c1c(C(F)(F)F)cc(-c2ccc(Br)s2)n(Cc2ccc(C)cc2)c1=O. The molecular formula is C19H12BrF3N2OS. The number of thiophene rings is 1. The van der Waals surface area contributed by atoms with Gasteiger partial charge in [-0.1, -0.05) is 29.8 Å². The Morgan fingerprint density at radius 3 is 2.37 bits per heavy atom. The number of nitrogens with zero attached hydrogens (tertiary/aromatic N) is 2. The molecule has 138 valence electrons. The first-order valence-corrected chi connectivity index (χ1v) is 9.35. The highest BCUT2D eigenvalue weighted by Gasteiger charge is 2.36. The molecule has 0 aliphatic carbocycles. The molecule has 0 saturated carbocycles. The van der Waals surface area contributed by atoms with Crippen molar-refractivity contribution in [1.82, 2.24) is 4.57 Å². The van der Waals surface area contributed by atoms with Gasteiger partial charge in [0.2, 0.25) is 0 Å². The van der Waals surface area contributed by atoms with Gasteiger partial charge in [-0.15, -0.1) is 11.3 Å². The lowest BCUT2D eigenvalue weighted by atomic mass is 10.1. The minimum atomic E-state index is -4.79. The van der Waals surface area contributed by atoms with Crippen LogP contribution in [0.2, 0.25) is 0 Å². The van der Waals surface area contributed by atoms with Crippen LogP contribution >= 0.6 is 27.3 Å². The standard InChI is InChI=1S/C19H12BrF3N2OS/c1-11-3-5-12(6-4-11)10-25-14(15-7-8-16(20)27-15)9-13(19(21,22)23)17(24-2)18(25)26/h3-9H,10H2,1H3. The number of hydrogen-bond acceptors (Lipinski definition) is 2. The van der Waals surface area contributed by atoms with E-state index >= 15 is 0 Å². The predicted molar refractivity (Wildman–Crippen MR) is 103 cm³/mol. The van der Waals surface area contributed by atoms with Gasteiger partial charge in [-0.05, 0) is 46.6 Å². The van der Waals surface area contributed by atoms with Gasteiger partial charge in [0.05, 0.1) is 26.5 Å². The molecule has 0 atom stereocenters. The molecule has 0 spiro atoms. The maximum absolute atomic E-state index is 13.4. The van der Waals surface area contributed by atoms with Crippen LogP contribution in [-0.2, 0) is 12.7 Å². The van der Waals surface area contributed by atoms with Gasteiger partial charge in [0.15, 0.2) is 0 Å². The predicted octanol–water partition coefficient (Wildman–Crippen LogP) is 6.27. The number of pyridine rings is 1. The number of rotatable bonds is 3. The van der Waals surface area contributed by atoms with Crippen LogP contribution in [0, 0.1) is 13.5 Å². The first-order valence-electron chi connectivity index (χ1n) is 7.74. The molecule has 0 fully saturated rings. The van der Waals surface area contributed by atoms with Gasteiger partial charge in [0.25, 0.3) is 11.2 Å². The molecule has 0 aliphatic rings. The Labute approximate surface area is 165 Å². The van der Waals surface area contributed by atoms with Crippen molar-refractivity contribution in [2.24, 2.45) is 0 Å². The summed E-state index contributed by atoms with van der Waals surface area (Å²) in [4.78, 5) is 16.2. The minimum Gasteiger partial charge on any atom is -0.312 e. The second-order valence-electron chi connectivity index (χ2n) is 5.88. The zero-order valence-electron chi connectivity index (χ0n) is 14.0. The van der Waals surface area contributed by atoms with E-state index in [-0.39, 0.29) is 12.2 Å². The monoisotopic (exact) mass is 452 g/mol. The first-order chi connectivity index (χ1) is 12.7. The van der Waals surface area contributed by atoms with Crippen LogP contribution < -0.4 is 5.56 Å². The summed E-state index contributed by atoms with van der Waals surface area (Å²) in [5.74, 6) is 0. The number of hydrogen-bond donors (Lipinski definition) is 0. The summed E-state index contributed by atoms with van der Waals surface area (Å²) < 4.78 is 42.2. The average molecular weight is 453 g/mol. The zero-order chi connectivity index (χ0) is 19.8. The van der Waals surface area contributed by atoms with Gasteiger partial charge in [-0.25, -0.2) is 4.85 Å². The number of aromatic nitrogens is 1. The van der Waals surface area contributed by atoms with Gasteiger partial charge in [-0.2, -0.15) is 13.2 Å². The lowest BCUT2D eigenvalue weighted by Gasteiger charge is -2.17. The van der Waals surface area contributed by atoms with Crippen molar-refractivity contribution in [3.05, 3.63) is 84.7 Å². The lowest BCUT2D eigenvalue weighted by molar-refractivity contribution is -0.136. The van der Waals surface area contributed by atoms with E-state index in [1.54, 1.807) is 12.1 Å². The summed E-state index contributed by atoms with van der Waals surface area (Å²) in [7, 11) is 0. The number of halogens is 4. The number of alkyl halides is 3. The summed E-state index contributed by atoms with van der Waals surface area (Å²) in [5.41, 5.74) is -1.13. The molecule has 0 bridgehead atoms. The van der Waals surface area contributed by atoms with E-state index in [2.05, 4.69) is 20.8 Å². The largest absolute Gasteiger partial charge is 0.407 e. The van der Waals surface area contributed by atoms with Crippen molar-refractivity contribution in [1.29, 1.82) is 0 Å². The molecule has 0 unspecified atom stereocenters. The van der Waals surface area contributed by atoms with Crippen LogP contribution in [0.4, 0.5) is 18.9 Å². The Hall–Kier alpha value is -2.37. The van der Waals surface area contributed by atoms with Crippen molar-refractivity contribution in [2.45, 2.75) is 19.6 Å². The molecule has 1 aromatic carbocycles. The van der Waals surface area contributed by atoms with E-state index in [1.807, 2.05) is 31.2 Å². The fraction of sp³-hybridized carbons (Fsp3) is 0.158. The van der Waals surface area contributed by atoms with E-state index in [4.69, 9.17) is 6.57 Å². The summed E-state index contributed by atoms with van der Waals surface area (Å²) >= 11 is 4.52. The van der Waals surface area contributed by atoms with E-state index in [1.165, 1.54) is 15.9 Å². The molecule has 0 saturated heterocycles. The fourth-order valence-corrected chi connectivity index (χ4v) is 4.06. The highest BCUT2D eigenvalue weighted by atomic mass is 79.9. The third-order valence-corrected chi connectivity index (χ3v) is 5.63. The number of aryl methyl sites for hydroxylation is 1. The highest BCUT2D eigenvalue weighted by Crippen LogP contribution is 2.39. The Balaban J connectivity index is 2.28. The summed E-state index contributed by atoms with van der Waals surface area (Å²) in [6.45, 7) is 9.09. The summed E-state index contributed by atoms with van der Waals surface area (Å²) in [6.07, 6.45) is -4.79. The Bertz CT molecular complexity index is 1090. The molecule has 3 nitrogen and oxygen atoms in total. The molecule has 0 amide bonds. The van der Waals surface area contributed by atoms with Gasteiger partial charge in [0, 0.05) is 6.54 Å². The van der Waals surface area contributed by atoms with Crippen LogP contribution in [0.1, 0.15) is 16.7 Å². The molecule has 3 rings (SSSR count). The second-order valence-corrected chi connectivity index (χ2v) is 8.35. The maximum Gasteiger partial charge on any atom is 0.407 e. The smallest absolute Gasteiger partial charge is 0.312 e. The van der Waals surface area contributed by atoms with Gasteiger partial charge >= 0.3 is 6.18 Å². The van der Waals surface area contributed by atoms with Crippen LogP contribution in [0.5, 0.6) is 0 Å². The lowest BCUT2D eigenvalue weighted by Crippen LogP contribution is -2.25. The Morgan fingerprint density at radius 2 is 1.85 bits per heavy atom. The van der Waals surface area contributed by atoms with Crippen molar-refractivity contribution in [3.8, 4) is 10.6 Å². The quantitative estimate of drug-likeness (QED) is 0.430. The first kappa shape index (κ1) is 19.4.